The highest BCUT2D eigenvalue weighted by Crippen LogP contribution is 2.23. The van der Waals surface area contributed by atoms with Gasteiger partial charge in [-0.1, -0.05) is 15.9 Å². The van der Waals surface area contributed by atoms with Crippen molar-refractivity contribution < 1.29 is 9.21 Å². The Morgan fingerprint density at radius 1 is 1.15 bits per heavy atom. The first-order valence-corrected chi connectivity index (χ1v) is 10.1. The highest BCUT2D eigenvalue weighted by atomic mass is 79.9. The van der Waals surface area contributed by atoms with E-state index >= 15 is 0 Å². The SMILES string of the molecule is O=C(c1ccc(Br)cc1)N1CCN(Cc2nc(-c3ccco3)cs2)CC1. The number of benzene rings is 1. The van der Waals surface area contributed by atoms with Crippen molar-refractivity contribution in [3.63, 3.8) is 0 Å². The summed E-state index contributed by atoms with van der Waals surface area (Å²) in [6.07, 6.45) is 1.66. The fraction of sp³-hybridized carbons (Fsp3) is 0.263. The fourth-order valence-electron chi connectivity index (χ4n) is 3.00. The largest absolute Gasteiger partial charge is 0.463 e. The smallest absolute Gasteiger partial charge is 0.253 e. The summed E-state index contributed by atoms with van der Waals surface area (Å²) < 4.78 is 6.38. The van der Waals surface area contributed by atoms with E-state index in [0.29, 0.717) is 0 Å². The van der Waals surface area contributed by atoms with Crippen molar-refractivity contribution in [3.05, 3.63) is 63.1 Å². The van der Waals surface area contributed by atoms with E-state index in [0.717, 1.165) is 59.2 Å². The highest BCUT2D eigenvalue weighted by Gasteiger charge is 2.22. The van der Waals surface area contributed by atoms with Gasteiger partial charge in [0.1, 0.15) is 10.7 Å². The van der Waals surface area contributed by atoms with Crippen LogP contribution in [0.3, 0.4) is 0 Å². The lowest BCUT2D eigenvalue weighted by Gasteiger charge is -2.34. The van der Waals surface area contributed by atoms with Crippen LogP contribution >= 0.6 is 27.3 Å². The topological polar surface area (TPSA) is 49.6 Å². The molecule has 134 valence electrons. The van der Waals surface area contributed by atoms with Crippen LogP contribution in [0, 0.1) is 0 Å². The molecule has 1 amide bonds. The normalized spacial score (nSPS) is 15.3. The maximum absolute atomic E-state index is 12.6. The van der Waals surface area contributed by atoms with Crippen molar-refractivity contribution in [2.45, 2.75) is 6.54 Å². The predicted molar refractivity (Wildman–Crippen MR) is 105 cm³/mol. The molecule has 7 heteroatoms. The number of furan rings is 1. The monoisotopic (exact) mass is 431 g/mol. The number of piperazine rings is 1. The van der Waals surface area contributed by atoms with E-state index in [-0.39, 0.29) is 5.91 Å². The van der Waals surface area contributed by atoms with Crippen molar-refractivity contribution in [1.29, 1.82) is 0 Å². The van der Waals surface area contributed by atoms with Crippen LogP contribution in [0.4, 0.5) is 0 Å². The Labute approximate surface area is 164 Å². The molecule has 3 heterocycles. The number of halogens is 1. The number of carbonyl (C=O) groups is 1. The summed E-state index contributed by atoms with van der Waals surface area (Å²) in [4.78, 5) is 21.5. The first-order valence-electron chi connectivity index (χ1n) is 8.44. The molecule has 0 bridgehead atoms. The van der Waals surface area contributed by atoms with Gasteiger partial charge in [-0.2, -0.15) is 0 Å². The molecule has 3 aromatic rings. The van der Waals surface area contributed by atoms with Crippen molar-refractivity contribution in [1.82, 2.24) is 14.8 Å². The molecule has 0 spiro atoms. The van der Waals surface area contributed by atoms with Crippen LogP contribution in [-0.2, 0) is 6.54 Å². The van der Waals surface area contributed by atoms with Crippen molar-refractivity contribution >= 4 is 33.2 Å². The number of thiazole rings is 1. The van der Waals surface area contributed by atoms with Crippen LogP contribution in [-0.4, -0.2) is 46.9 Å². The molecule has 0 unspecified atom stereocenters. The second-order valence-corrected chi connectivity index (χ2v) is 8.04. The lowest BCUT2D eigenvalue weighted by Crippen LogP contribution is -2.48. The van der Waals surface area contributed by atoms with Gasteiger partial charge in [0.2, 0.25) is 0 Å². The number of amides is 1. The summed E-state index contributed by atoms with van der Waals surface area (Å²) in [6.45, 7) is 4.01. The Bertz CT molecular complexity index is 869. The molecule has 1 saturated heterocycles. The predicted octanol–water partition coefficient (Wildman–Crippen LogP) is 4.12. The summed E-state index contributed by atoms with van der Waals surface area (Å²) >= 11 is 5.05. The minimum atomic E-state index is 0.103. The number of rotatable bonds is 4. The Kier molecular flexibility index (Phi) is 5.19. The molecular formula is C19H18BrN3O2S. The van der Waals surface area contributed by atoms with E-state index in [1.165, 1.54) is 0 Å². The molecule has 0 atom stereocenters. The van der Waals surface area contributed by atoms with Gasteiger partial charge in [0.15, 0.2) is 5.76 Å². The Morgan fingerprint density at radius 3 is 2.62 bits per heavy atom. The molecule has 0 radical (unpaired) electrons. The minimum Gasteiger partial charge on any atom is -0.463 e. The van der Waals surface area contributed by atoms with Gasteiger partial charge in [-0.05, 0) is 36.4 Å². The van der Waals surface area contributed by atoms with Gasteiger partial charge in [0.25, 0.3) is 5.91 Å². The summed E-state index contributed by atoms with van der Waals surface area (Å²) in [5, 5.41) is 3.10. The third-order valence-corrected chi connectivity index (χ3v) is 5.80. The van der Waals surface area contributed by atoms with Gasteiger partial charge in [0, 0.05) is 41.6 Å². The average Bonchev–Trinajstić information content (AvgIpc) is 3.34. The minimum absolute atomic E-state index is 0.103. The van der Waals surface area contributed by atoms with Crippen LogP contribution in [0.5, 0.6) is 0 Å². The quantitative estimate of drug-likeness (QED) is 0.623. The van der Waals surface area contributed by atoms with Gasteiger partial charge in [-0.15, -0.1) is 11.3 Å². The first kappa shape index (κ1) is 17.5. The molecule has 0 aliphatic carbocycles. The lowest BCUT2D eigenvalue weighted by atomic mass is 10.2. The van der Waals surface area contributed by atoms with E-state index in [2.05, 4.69) is 25.8 Å². The maximum atomic E-state index is 12.6. The second-order valence-electron chi connectivity index (χ2n) is 6.18. The molecule has 0 N–H and O–H groups in total. The third-order valence-electron chi connectivity index (χ3n) is 4.43. The van der Waals surface area contributed by atoms with Gasteiger partial charge in [-0.3, -0.25) is 9.69 Å². The van der Waals surface area contributed by atoms with E-state index < -0.39 is 0 Å². The molecule has 1 aliphatic rings. The number of carbonyl (C=O) groups excluding carboxylic acids is 1. The second kappa shape index (κ2) is 7.73. The number of aromatic nitrogens is 1. The van der Waals surface area contributed by atoms with Gasteiger partial charge < -0.3 is 9.32 Å². The number of hydrogen-bond donors (Lipinski definition) is 0. The average molecular weight is 432 g/mol. The molecule has 26 heavy (non-hydrogen) atoms. The Hall–Kier alpha value is -1.96. The molecule has 2 aromatic heterocycles. The molecule has 1 aliphatic heterocycles. The lowest BCUT2D eigenvalue weighted by molar-refractivity contribution is 0.0628. The summed E-state index contributed by atoms with van der Waals surface area (Å²) in [5.74, 6) is 0.906. The molecule has 5 nitrogen and oxygen atoms in total. The molecule has 1 aromatic carbocycles. The number of nitrogens with zero attached hydrogens (tertiary/aromatic N) is 3. The summed E-state index contributed by atoms with van der Waals surface area (Å²) in [6, 6.07) is 11.3. The molecule has 0 saturated carbocycles. The highest BCUT2D eigenvalue weighted by molar-refractivity contribution is 9.10. The Morgan fingerprint density at radius 2 is 1.92 bits per heavy atom. The van der Waals surface area contributed by atoms with Gasteiger partial charge >= 0.3 is 0 Å². The van der Waals surface area contributed by atoms with Crippen LogP contribution in [0.1, 0.15) is 15.4 Å². The van der Waals surface area contributed by atoms with Crippen LogP contribution in [0.15, 0.2) is 56.9 Å². The number of hydrogen-bond acceptors (Lipinski definition) is 5. The van der Waals surface area contributed by atoms with E-state index in [9.17, 15) is 4.79 Å². The van der Waals surface area contributed by atoms with Crippen molar-refractivity contribution in [3.8, 4) is 11.5 Å². The van der Waals surface area contributed by atoms with Crippen molar-refractivity contribution in [2.24, 2.45) is 0 Å². The standard InChI is InChI=1S/C19H18BrN3O2S/c20-15-5-3-14(4-6-15)19(24)23-9-7-22(8-10-23)12-18-21-16(13-26-18)17-2-1-11-25-17/h1-6,11,13H,7-10,12H2. The summed E-state index contributed by atoms with van der Waals surface area (Å²) in [7, 11) is 0. The fourth-order valence-corrected chi connectivity index (χ4v) is 4.09. The summed E-state index contributed by atoms with van der Waals surface area (Å²) in [5.41, 5.74) is 1.63. The van der Waals surface area contributed by atoms with E-state index in [4.69, 9.17) is 4.42 Å². The van der Waals surface area contributed by atoms with Gasteiger partial charge in [0.05, 0.1) is 12.8 Å². The zero-order valence-electron chi connectivity index (χ0n) is 14.1. The zero-order chi connectivity index (χ0) is 17.9. The maximum Gasteiger partial charge on any atom is 0.253 e. The van der Waals surface area contributed by atoms with Crippen LogP contribution in [0.25, 0.3) is 11.5 Å². The zero-order valence-corrected chi connectivity index (χ0v) is 16.5. The Balaban J connectivity index is 1.32. The van der Waals surface area contributed by atoms with Gasteiger partial charge in [-0.25, -0.2) is 4.98 Å². The van der Waals surface area contributed by atoms with Crippen LogP contribution in [0.2, 0.25) is 0 Å². The molecule has 4 rings (SSSR count). The van der Waals surface area contributed by atoms with E-state index in [1.54, 1.807) is 17.6 Å². The van der Waals surface area contributed by atoms with E-state index in [1.807, 2.05) is 46.7 Å². The van der Waals surface area contributed by atoms with Crippen molar-refractivity contribution in [2.75, 3.05) is 26.2 Å². The third kappa shape index (κ3) is 3.90. The van der Waals surface area contributed by atoms with Crippen LogP contribution < -0.4 is 0 Å². The molecular weight excluding hydrogens is 414 g/mol. The molecule has 1 fully saturated rings. The first-order chi connectivity index (χ1) is 12.7.